The second-order valence-electron chi connectivity index (χ2n) is 23.1. The van der Waals surface area contributed by atoms with E-state index in [4.69, 9.17) is 28.1 Å². The maximum Gasteiger partial charge on any atom is 0.284 e. The van der Waals surface area contributed by atoms with Crippen LogP contribution in [0.25, 0.3) is 17.1 Å². The van der Waals surface area contributed by atoms with E-state index in [0.717, 1.165) is 48.8 Å². The molecule has 470 valence electrons. The molecule has 1 fully saturated rings. The highest BCUT2D eigenvalue weighted by Gasteiger charge is 2.43. The van der Waals surface area contributed by atoms with Gasteiger partial charge in [-0.1, -0.05) is 51.1 Å². The molecule has 0 radical (unpaired) electrons. The van der Waals surface area contributed by atoms with Crippen molar-refractivity contribution in [2.24, 2.45) is 11.3 Å². The monoisotopic (exact) mass is 1220 g/mol. The number of anilines is 2. The highest BCUT2D eigenvalue weighted by molar-refractivity contribution is 6.03. The molecule has 1 saturated carbocycles. The molecule has 5 amide bonds. The number of aryl methyl sites for hydroxylation is 1. The van der Waals surface area contributed by atoms with Crippen molar-refractivity contribution >= 4 is 41.0 Å². The second-order valence-corrected chi connectivity index (χ2v) is 23.1. The number of carbonyl (C=O) groups excluding carboxylic acids is 5. The van der Waals surface area contributed by atoms with Crippen molar-refractivity contribution in [1.29, 1.82) is 0 Å². The Morgan fingerprint density at radius 2 is 1.52 bits per heavy atom. The Morgan fingerprint density at radius 1 is 0.807 bits per heavy atom. The number of carbonyl (C=O) groups is 5. The van der Waals surface area contributed by atoms with Crippen LogP contribution in [0.3, 0.4) is 0 Å². The summed E-state index contributed by atoms with van der Waals surface area (Å²) in [5.74, 6) is 0.0623. The van der Waals surface area contributed by atoms with Gasteiger partial charge in [0.2, 0.25) is 23.6 Å². The number of nitrogens with one attached hydrogen (secondary N) is 6. The number of hydrogen-bond donors (Lipinski definition) is 6. The van der Waals surface area contributed by atoms with Crippen molar-refractivity contribution in [3.8, 4) is 22.9 Å². The van der Waals surface area contributed by atoms with Gasteiger partial charge in [0, 0.05) is 43.4 Å². The van der Waals surface area contributed by atoms with Crippen LogP contribution in [0.15, 0.2) is 102 Å². The average molecular weight is 1220 g/mol. The van der Waals surface area contributed by atoms with Gasteiger partial charge in [0.25, 0.3) is 18.2 Å². The zero-order valence-electron chi connectivity index (χ0n) is 50.4. The Hall–Kier alpha value is -8.16. The summed E-state index contributed by atoms with van der Waals surface area (Å²) in [7, 11) is 1.69. The first-order valence-electron chi connectivity index (χ1n) is 30.0. The fourth-order valence-corrected chi connectivity index (χ4v) is 10.3. The summed E-state index contributed by atoms with van der Waals surface area (Å²) >= 11 is 0. The topological polar surface area (TPSA) is 264 Å². The standard InChI is InChI=1S/C64H79F2N11O11/c1-40(67-5)58(78)74-56(64(2,3)4)63(82)76-37-46-33-48(20-17-44(46)34-53(76)61(81)71-50-12-8-10-42-9-6-7-11-49(42)50)87-32-31-86-30-29-85-28-27-84-26-25-83-24-23-69-59(79)43-15-18-47(19-16-43)77-38-51(55(75-77)57(65)66)72-60(80)52-39-88-62(73-52)45-21-22-68-54(35-45)70-36-41-13-14-41/h6-7,9,11,15-22,33,35,38-41,50,53,56-57,67H,8,10,12-14,23-32,34,36-37H2,1-5H3,(H,68,70)(H,69,79)(H,71,81)(H,72,80)(H,74,78)/t40?,50-,53+,56?/m1/s1. The Labute approximate surface area is 510 Å². The minimum Gasteiger partial charge on any atom is -0.491 e. The number of alkyl halides is 2. The van der Waals surface area contributed by atoms with Crippen molar-refractivity contribution in [1.82, 2.24) is 45.9 Å². The lowest BCUT2D eigenvalue weighted by molar-refractivity contribution is -0.147. The molecule has 2 unspecified atom stereocenters. The van der Waals surface area contributed by atoms with Crippen LogP contribution in [0.5, 0.6) is 5.75 Å². The highest BCUT2D eigenvalue weighted by Crippen LogP contribution is 2.35. The van der Waals surface area contributed by atoms with Crippen LogP contribution >= 0.6 is 0 Å². The largest absolute Gasteiger partial charge is 0.491 e. The van der Waals surface area contributed by atoms with E-state index >= 15 is 0 Å². The van der Waals surface area contributed by atoms with Gasteiger partial charge >= 0.3 is 0 Å². The number of aromatic nitrogens is 4. The number of amides is 5. The molecule has 9 rings (SSSR count). The lowest BCUT2D eigenvalue weighted by atomic mass is 9.83. The van der Waals surface area contributed by atoms with Crippen molar-refractivity contribution < 1.29 is 60.9 Å². The number of nitrogens with zero attached hydrogens (tertiary/aromatic N) is 5. The third-order valence-electron chi connectivity index (χ3n) is 15.6. The zero-order chi connectivity index (χ0) is 62.2. The van der Waals surface area contributed by atoms with E-state index in [1.165, 1.54) is 41.4 Å². The number of rotatable bonds is 31. The van der Waals surface area contributed by atoms with E-state index in [0.29, 0.717) is 87.0 Å². The molecule has 4 atom stereocenters. The van der Waals surface area contributed by atoms with E-state index in [9.17, 15) is 32.8 Å². The Balaban J connectivity index is 0.636. The molecule has 0 bridgehead atoms. The van der Waals surface area contributed by atoms with E-state index in [1.54, 1.807) is 49.3 Å². The summed E-state index contributed by atoms with van der Waals surface area (Å²) in [6, 6.07) is 21.1. The van der Waals surface area contributed by atoms with Crippen molar-refractivity contribution in [3.05, 3.63) is 137 Å². The van der Waals surface area contributed by atoms with Crippen LogP contribution in [0, 0.1) is 11.3 Å². The van der Waals surface area contributed by atoms with Crippen LogP contribution in [0.2, 0.25) is 0 Å². The Kier molecular flexibility index (Phi) is 22.4. The second kappa shape index (κ2) is 30.7. The molecule has 6 aromatic rings. The Bertz CT molecular complexity index is 3330. The lowest BCUT2D eigenvalue weighted by Gasteiger charge is -2.41. The van der Waals surface area contributed by atoms with Crippen molar-refractivity contribution in [2.45, 2.75) is 103 Å². The first-order chi connectivity index (χ1) is 42.5. The normalized spacial score (nSPS) is 16.2. The molecular formula is C64H79F2N11O11. The SMILES string of the molecule is CNC(C)C(=O)NC(C(=O)N1Cc2cc(OCCOCCOCCOCCOCCNC(=O)c3ccc(-n4cc(NC(=O)c5coc(-c6ccnc(NCC7CC7)c6)n5)c(C(F)F)n4)cc3)ccc2C[C@H]1C(=O)N[C@@H]1CCCc2ccccc21)C(C)(C)C. The molecule has 24 heteroatoms. The molecule has 0 saturated heterocycles. The van der Waals surface area contributed by atoms with Crippen LogP contribution < -0.4 is 36.6 Å². The van der Waals surface area contributed by atoms with E-state index in [2.05, 4.69) is 59.1 Å². The third-order valence-corrected chi connectivity index (χ3v) is 15.6. The summed E-state index contributed by atoms with van der Waals surface area (Å²) in [4.78, 5) is 78.4. The Morgan fingerprint density at radius 3 is 2.23 bits per heavy atom. The molecule has 2 aliphatic carbocycles. The number of halogens is 2. The zero-order valence-corrected chi connectivity index (χ0v) is 50.4. The minimum atomic E-state index is -3.00. The first-order valence-corrected chi connectivity index (χ1v) is 30.0. The predicted molar refractivity (Wildman–Crippen MR) is 323 cm³/mol. The van der Waals surface area contributed by atoms with E-state index in [-0.39, 0.29) is 73.2 Å². The number of benzene rings is 3. The van der Waals surface area contributed by atoms with Crippen LogP contribution in [-0.2, 0) is 52.7 Å². The summed E-state index contributed by atoms with van der Waals surface area (Å²) in [6.45, 7) is 11.5. The maximum atomic E-state index is 14.7. The lowest BCUT2D eigenvalue weighted by Crippen LogP contribution is -2.62. The fraction of sp³-hybridized carbons (Fsp3) is 0.469. The predicted octanol–water partition coefficient (Wildman–Crippen LogP) is 7.40. The van der Waals surface area contributed by atoms with Crippen LogP contribution in [0.4, 0.5) is 20.3 Å². The average Bonchev–Trinajstić information content (AvgIpc) is 2.99. The van der Waals surface area contributed by atoms with E-state index < -0.39 is 41.6 Å². The number of hydrogen-bond acceptors (Lipinski definition) is 16. The summed E-state index contributed by atoms with van der Waals surface area (Å²) in [6.07, 6.45) is 6.39. The van der Waals surface area contributed by atoms with Gasteiger partial charge in [-0.25, -0.2) is 23.4 Å². The summed E-state index contributed by atoms with van der Waals surface area (Å²) in [5.41, 5.74) is 3.78. The highest BCUT2D eigenvalue weighted by atomic mass is 19.3. The van der Waals surface area contributed by atoms with Gasteiger partial charge in [-0.3, -0.25) is 24.0 Å². The van der Waals surface area contributed by atoms with Gasteiger partial charge in [0.1, 0.15) is 36.5 Å². The van der Waals surface area contributed by atoms with Crippen molar-refractivity contribution in [3.63, 3.8) is 0 Å². The number of fused-ring (bicyclic) bond motifs is 2. The maximum absolute atomic E-state index is 14.7. The number of likely N-dealkylation sites (N-methyl/N-ethyl adjacent to an activating group) is 1. The molecule has 4 heterocycles. The smallest absolute Gasteiger partial charge is 0.284 e. The summed E-state index contributed by atoms with van der Waals surface area (Å²) < 4.78 is 63.6. The van der Waals surface area contributed by atoms with Crippen LogP contribution in [-0.4, -0.2) is 152 Å². The van der Waals surface area contributed by atoms with Gasteiger partial charge in [-0.2, -0.15) is 5.10 Å². The number of pyridine rings is 1. The van der Waals surface area contributed by atoms with Crippen molar-refractivity contribution in [2.75, 3.05) is 90.2 Å². The van der Waals surface area contributed by atoms with Gasteiger partial charge in [-0.05, 0) is 128 Å². The van der Waals surface area contributed by atoms with Gasteiger partial charge in [0.15, 0.2) is 11.4 Å². The van der Waals surface area contributed by atoms with Crippen LogP contribution in [0.1, 0.15) is 115 Å². The quantitative estimate of drug-likeness (QED) is 0.0232. The molecule has 0 spiro atoms. The van der Waals surface area contributed by atoms with Gasteiger partial charge in [-0.15, -0.1) is 0 Å². The molecule has 3 aromatic carbocycles. The molecular weight excluding hydrogens is 1140 g/mol. The van der Waals surface area contributed by atoms with Gasteiger partial charge < -0.3 is 64.9 Å². The number of oxazole rings is 1. The molecule has 6 N–H and O–H groups in total. The number of ether oxygens (including phenoxy) is 5. The van der Waals surface area contributed by atoms with E-state index in [1.807, 2.05) is 51.1 Å². The molecule has 22 nitrogen and oxygen atoms in total. The minimum absolute atomic E-state index is 0.114. The van der Waals surface area contributed by atoms with Gasteiger partial charge in [0.05, 0.1) is 82.5 Å². The molecule has 3 aliphatic rings. The molecule has 1 aliphatic heterocycles. The third kappa shape index (κ3) is 17.5. The molecule has 3 aromatic heterocycles. The summed E-state index contributed by atoms with van der Waals surface area (Å²) in [5, 5.41) is 21.7. The molecule has 88 heavy (non-hydrogen) atoms. The fourth-order valence-electron chi connectivity index (χ4n) is 10.3. The first kappa shape index (κ1) is 64.3.